The van der Waals surface area contributed by atoms with Gasteiger partial charge in [0, 0.05) is 7.11 Å². The Bertz CT molecular complexity index is 225. The number of methoxy groups -OCH3 is 1. The number of ether oxygens (including phenoxy) is 1. The van der Waals surface area contributed by atoms with Gasteiger partial charge >= 0.3 is 0 Å². The van der Waals surface area contributed by atoms with E-state index in [-0.39, 0.29) is 12.2 Å². The van der Waals surface area contributed by atoms with Crippen molar-refractivity contribution in [3.05, 3.63) is 0 Å². The van der Waals surface area contributed by atoms with Crippen LogP contribution in [-0.2, 0) is 4.74 Å². The number of hydrogen-bond donors (Lipinski definition) is 1. The van der Waals surface area contributed by atoms with Crippen LogP contribution >= 0.6 is 0 Å². The van der Waals surface area contributed by atoms with E-state index in [4.69, 9.17) is 4.74 Å². The zero-order valence-corrected chi connectivity index (χ0v) is 10.9. The summed E-state index contributed by atoms with van der Waals surface area (Å²) in [5.74, 6) is 2.68. The summed E-state index contributed by atoms with van der Waals surface area (Å²) in [6.45, 7) is 4.66. The Morgan fingerprint density at radius 3 is 2.12 bits per heavy atom. The molecular formula is C14H26O2. The highest BCUT2D eigenvalue weighted by atomic mass is 16.5. The van der Waals surface area contributed by atoms with E-state index >= 15 is 0 Å². The quantitative estimate of drug-likeness (QED) is 0.798. The fourth-order valence-corrected chi connectivity index (χ4v) is 3.20. The molecule has 0 heterocycles. The van der Waals surface area contributed by atoms with Gasteiger partial charge in [-0.1, -0.05) is 20.3 Å². The molecule has 0 bridgehead atoms. The first-order valence-corrected chi connectivity index (χ1v) is 6.84. The largest absolute Gasteiger partial charge is 0.390 e. The van der Waals surface area contributed by atoms with Crippen LogP contribution in [0.4, 0.5) is 0 Å². The summed E-state index contributed by atoms with van der Waals surface area (Å²) in [7, 11) is 1.75. The maximum absolute atomic E-state index is 10.4. The molecule has 0 saturated heterocycles. The second kappa shape index (κ2) is 5.05. The van der Waals surface area contributed by atoms with Crippen molar-refractivity contribution in [1.29, 1.82) is 0 Å². The summed E-state index contributed by atoms with van der Waals surface area (Å²) in [5, 5.41) is 10.4. The lowest BCUT2D eigenvalue weighted by molar-refractivity contribution is -0.0669. The Balaban J connectivity index is 1.90. The minimum Gasteiger partial charge on any atom is -0.390 e. The molecule has 1 N–H and O–H groups in total. The second-order valence-corrected chi connectivity index (χ2v) is 6.06. The standard InChI is InChI=1S/C14H26O2/c1-9-4-5-12(8-10(9)2)13(15)14(16-3)11-6-7-11/h9-15H,4-8H2,1-3H3. The molecule has 0 amide bonds. The normalized spacial score (nSPS) is 39.4. The molecule has 2 nitrogen and oxygen atoms in total. The van der Waals surface area contributed by atoms with Crippen LogP contribution in [0.1, 0.15) is 46.0 Å². The Morgan fingerprint density at radius 2 is 1.62 bits per heavy atom. The van der Waals surface area contributed by atoms with Gasteiger partial charge in [0.2, 0.25) is 0 Å². The third kappa shape index (κ3) is 2.60. The minimum atomic E-state index is -0.229. The van der Waals surface area contributed by atoms with E-state index in [1.165, 1.54) is 32.1 Å². The number of hydrogen-bond acceptors (Lipinski definition) is 2. The lowest BCUT2D eigenvalue weighted by Gasteiger charge is -2.37. The molecule has 2 saturated carbocycles. The zero-order valence-electron chi connectivity index (χ0n) is 10.9. The second-order valence-electron chi connectivity index (χ2n) is 6.06. The first-order valence-electron chi connectivity index (χ1n) is 6.84. The van der Waals surface area contributed by atoms with Crippen molar-refractivity contribution in [2.45, 2.75) is 58.2 Å². The third-order valence-electron chi connectivity index (χ3n) is 4.82. The van der Waals surface area contributed by atoms with Crippen molar-refractivity contribution in [3.63, 3.8) is 0 Å². The number of rotatable bonds is 4. The highest BCUT2D eigenvalue weighted by Crippen LogP contribution is 2.41. The Kier molecular flexibility index (Phi) is 3.91. The van der Waals surface area contributed by atoms with Crippen molar-refractivity contribution in [3.8, 4) is 0 Å². The molecular weight excluding hydrogens is 200 g/mol. The molecule has 94 valence electrons. The van der Waals surface area contributed by atoms with E-state index in [0.717, 1.165) is 11.8 Å². The van der Waals surface area contributed by atoms with Crippen LogP contribution in [0.5, 0.6) is 0 Å². The van der Waals surface area contributed by atoms with Crippen molar-refractivity contribution in [2.24, 2.45) is 23.7 Å². The van der Waals surface area contributed by atoms with Gasteiger partial charge in [-0.2, -0.15) is 0 Å². The molecule has 16 heavy (non-hydrogen) atoms. The predicted octanol–water partition coefficient (Wildman–Crippen LogP) is 2.84. The van der Waals surface area contributed by atoms with Gasteiger partial charge in [0.1, 0.15) is 0 Å². The van der Waals surface area contributed by atoms with Gasteiger partial charge in [-0.3, -0.25) is 0 Å². The SMILES string of the molecule is COC(C1CC1)C(O)C1CCC(C)C(C)C1. The highest BCUT2D eigenvalue weighted by Gasteiger charge is 2.40. The van der Waals surface area contributed by atoms with Gasteiger partial charge in [0.05, 0.1) is 12.2 Å². The van der Waals surface area contributed by atoms with Crippen LogP contribution in [0.25, 0.3) is 0 Å². The molecule has 0 aliphatic heterocycles. The summed E-state index contributed by atoms with van der Waals surface area (Å²) >= 11 is 0. The first kappa shape index (κ1) is 12.4. The van der Waals surface area contributed by atoms with Gasteiger partial charge in [-0.15, -0.1) is 0 Å². The van der Waals surface area contributed by atoms with E-state index in [1.54, 1.807) is 7.11 Å². The Morgan fingerprint density at radius 1 is 1.00 bits per heavy atom. The number of aliphatic hydroxyl groups is 1. The Hall–Kier alpha value is -0.0800. The van der Waals surface area contributed by atoms with Gasteiger partial charge in [-0.05, 0) is 49.4 Å². The molecule has 2 heteroatoms. The van der Waals surface area contributed by atoms with E-state index in [2.05, 4.69) is 13.8 Å². The average Bonchev–Trinajstić information content (AvgIpc) is 3.07. The van der Waals surface area contributed by atoms with Crippen molar-refractivity contribution in [1.82, 2.24) is 0 Å². The molecule has 0 spiro atoms. The van der Waals surface area contributed by atoms with Crippen LogP contribution in [0.3, 0.4) is 0 Å². The maximum atomic E-state index is 10.4. The molecule has 0 radical (unpaired) electrons. The number of aliphatic hydroxyl groups excluding tert-OH is 1. The molecule has 5 unspecified atom stereocenters. The fraction of sp³-hybridized carbons (Fsp3) is 1.00. The lowest BCUT2D eigenvalue weighted by Crippen LogP contribution is -2.39. The topological polar surface area (TPSA) is 29.5 Å². The fourth-order valence-electron chi connectivity index (χ4n) is 3.20. The molecule has 2 rings (SSSR count). The van der Waals surface area contributed by atoms with Crippen LogP contribution in [-0.4, -0.2) is 24.4 Å². The van der Waals surface area contributed by atoms with Gasteiger partial charge in [-0.25, -0.2) is 0 Å². The lowest BCUT2D eigenvalue weighted by atomic mass is 9.72. The van der Waals surface area contributed by atoms with E-state index in [9.17, 15) is 5.11 Å². The molecule has 2 fully saturated rings. The van der Waals surface area contributed by atoms with E-state index in [1.807, 2.05) is 0 Å². The van der Waals surface area contributed by atoms with Crippen LogP contribution in [0, 0.1) is 23.7 Å². The van der Waals surface area contributed by atoms with Crippen LogP contribution in [0.2, 0.25) is 0 Å². The summed E-state index contributed by atoms with van der Waals surface area (Å²) in [6, 6.07) is 0. The van der Waals surface area contributed by atoms with Crippen molar-refractivity contribution in [2.75, 3.05) is 7.11 Å². The van der Waals surface area contributed by atoms with Gasteiger partial charge < -0.3 is 9.84 Å². The van der Waals surface area contributed by atoms with Crippen LogP contribution in [0.15, 0.2) is 0 Å². The molecule has 0 aromatic carbocycles. The zero-order chi connectivity index (χ0) is 11.7. The van der Waals surface area contributed by atoms with Crippen molar-refractivity contribution < 1.29 is 9.84 Å². The highest BCUT2D eigenvalue weighted by molar-refractivity contribution is 4.91. The van der Waals surface area contributed by atoms with Crippen molar-refractivity contribution >= 4 is 0 Å². The summed E-state index contributed by atoms with van der Waals surface area (Å²) < 4.78 is 5.50. The maximum Gasteiger partial charge on any atom is 0.0860 e. The summed E-state index contributed by atoms with van der Waals surface area (Å²) in [4.78, 5) is 0. The summed E-state index contributed by atoms with van der Waals surface area (Å²) in [5.41, 5.74) is 0. The van der Waals surface area contributed by atoms with E-state index in [0.29, 0.717) is 11.8 Å². The molecule has 0 aromatic heterocycles. The van der Waals surface area contributed by atoms with Gasteiger partial charge in [0.15, 0.2) is 0 Å². The molecule has 0 aromatic rings. The minimum absolute atomic E-state index is 0.102. The van der Waals surface area contributed by atoms with Gasteiger partial charge in [0.25, 0.3) is 0 Å². The first-order chi connectivity index (χ1) is 7.63. The average molecular weight is 226 g/mol. The molecule has 2 aliphatic carbocycles. The van der Waals surface area contributed by atoms with Crippen LogP contribution < -0.4 is 0 Å². The van der Waals surface area contributed by atoms with E-state index < -0.39 is 0 Å². The monoisotopic (exact) mass is 226 g/mol. The smallest absolute Gasteiger partial charge is 0.0860 e. The Labute approximate surface area is 99.4 Å². The molecule has 2 aliphatic rings. The molecule has 5 atom stereocenters. The summed E-state index contributed by atoms with van der Waals surface area (Å²) in [6.07, 6.45) is 5.98. The third-order valence-corrected chi connectivity index (χ3v) is 4.82. The predicted molar refractivity (Wildman–Crippen MR) is 65.2 cm³/mol.